The molecule has 168 valence electrons. The number of hydrogen-bond acceptors (Lipinski definition) is 4. The highest BCUT2D eigenvalue weighted by atomic mass is 32.2. The Balaban J connectivity index is 1.63. The molecule has 3 aromatic rings. The third kappa shape index (κ3) is 4.79. The van der Waals surface area contributed by atoms with Crippen molar-refractivity contribution in [3.8, 4) is 16.9 Å². The summed E-state index contributed by atoms with van der Waals surface area (Å²) in [5.41, 5.74) is 8.80. The number of fused-ring (bicyclic) bond motifs is 1. The van der Waals surface area contributed by atoms with Gasteiger partial charge in [-0.3, -0.25) is 15.9 Å². The van der Waals surface area contributed by atoms with Crippen molar-refractivity contribution in [1.29, 1.82) is 0 Å². The number of amidine groups is 1. The lowest BCUT2D eigenvalue weighted by molar-refractivity contribution is -0.115. The fourth-order valence-corrected chi connectivity index (χ4v) is 4.41. The molecule has 3 aromatic carbocycles. The van der Waals surface area contributed by atoms with Gasteiger partial charge in [-0.25, -0.2) is 13.6 Å². The van der Waals surface area contributed by atoms with Gasteiger partial charge in [0.05, 0.1) is 22.7 Å². The first-order valence-electron chi connectivity index (χ1n) is 10.1. The van der Waals surface area contributed by atoms with Crippen molar-refractivity contribution in [3.63, 3.8) is 0 Å². The summed E-state index contributed by atoms with van der Waals surface area (Å²) in [5.74, 6) is 0.475. The van der Waals surface area contributed by atoms with E-state index in [4.69, 9.17) is 21.0 Å². The molecule has 0 saturated heterocycles. The van der Waals surface area contributed by atoms with E-state index < -0.39 is 10.0 Å². The average molecular weight is 464 g/mol. The lowest BCUT2D eigenvalue weighted by atomic mass is 10.0. The number of rotatable bonds is 5. The Morgan fingerprint density at radius 3 is 2.61 bits per heavy atom. The van der Waals surface area contributed by atoms with E-state index in [1.165, 1.54) is 12.1 Å². The van der Waals surface area contributed by atoms with Gasteiger partial charge >= 0.3 is 0 Å². The zero-order valence-corrected chi connectivity index (χ0v) is 18.5. The summed E-state index contributed by atoms with van der Waals surface area (Å²) in [6.07, 6.45) is 3.17. The molecule has 0 unspecified atom stereocenters. The molecule has 0 bridgehead atoms. The SMILES string of the molecule is NC(=[NH2+])c1cccc(/C=C/C(=O)N2CCOc3cc(-c4ccccc4S(N)(=O)=O)ccc32)c1. The minimum absolute atomic E-state index is 0.0224. The largest absolute Gasteiger partial charge is 0.490 e. The highest BCUT2D eigenvalue weighted by Crippen LogP contribution is 2.37. The predicted molar refractivity (Wildman–Crippen MR) is 127 cm³/mol. The molecule has 1 aliphatic rings. The Morgan fingerprint density at radius 2 is 1.85 bits per heavy atom. The number of nitrogens with two attached hydrogens (primary N) is 3. The highest BCUT2D eigenvalue weighted by Gasteiger charge is 2.24. The minimum Gasteiger partial charge on any atom is -0.490 e. The van der Waals surface area contributed by atoms with Gasteiger partial charge < -0.3 is 9.64 Å². The van der Waals surface area contributed by atoms with Crippen LogP contribution in [0.4, 0.5) is 5.69 Å². The number of hydrogen-bond donors (Lipinski definition) is 3. The summed E-state index contributed by atoms with van der Waals surface area (Å²) in [7, 11) is -3.90. The van der Waals surface area contributed by atoms with Crippen LogP contribution in [0.5, 0.6) is 5.75 Å². The lowest BCUT2D eigenvalue weighted by Gasteiger charge is -2.29. The van der Waals surface area contributed by atoms with Crippen LogP contribution in [0.25, 0.3) is 17.2 Å². The van der Waals surface area contributed by atoms with Gasteiger partial charge in [-0.05, 0) is 47.5 Å². The summed E-state index contributed by atoms with van der Waals surface area (Å²) >= 11 is 0. The van der Waals surface area contributed by atoms with E-state index in [0.29, 0.717) is 41.3 Å². The van der Waals surface area contributed by atoms with Crippen molar-refractivity contribution >= 4 is 33.5 Å². The van der Waals surface area contributed by atoms with Crippen molar-refractivity contribution in [3.05, 3.63) is 83.9 Å². The molecule has 1 heterocycles. The molecule has 0 fully saturated rings. The standard InChI is InChI=1S/C24H22N4O4S/c25-24(26)18-5-3-4-16(14-18)8-11-23(29)28-12-13-32-21-15-17(9-10-20(21)28)19-6-1-2-7-22(19)33(27,30)31/h1-11,14-15H,12-13H2,(H3,25,26)(H2,27,30,31)/p+1/b11-8+. The zero-order chi connectivity index (χ0) is 23.6. The average Bonchev–Trinajstić information content (AvgIpc) is 2.81. The number of carbonyl (C=O) groups excluding carboxylic acids is 1. The number of primary sulfonamides is 1. The highest BCUT2D eigenvalue weighted by molar-refractivity contribution is 7.89. The second-order valence-corrected chi connectivity index (χ2v) is 9.01. The molecule has 0 aliphatic carbocycles. The van der Waals surface area contributed by atoms with Crippen LogP contribution in [0.15, 0.2) is 77.7 Å². The van der Waals surface area contributed by atoms with E-state index in [1.807, 2.05) is 12.1 Å². The van der Waals surface area contributed by atoms with E-state index in [1.54, 1.807) is 59.5 Å². The molecule has 8 nitrogen and oxygen atoms in total. The molecule has 0 aromatic heterocycles. The Hall–Kier alpha value is -3.95. The second kappa shape index (κ2) is 8.89. The summed E-state index contributed by atoms with van der Waals surface area (Å²) in [5, 5.41) is 11.0. The molecule has 1 amide bonds. The number of sulfonamides is 1. The van der Waals surface area contributed by atoms with Crippen LogP contribution in [0.3, 0.4) is 0 Å². The van der Waals surface area contributed by atoms with Crippen LogP contribution in [0, 0.1) is 0 Å². The number of benzene rings is 3. The Kier molecular flexibility index (Phi) is 5.99. The van der Waals surface area contributed by atoms with E-state index in [0.717, 1.165) is 5.56 Å². The van der Waals surface area contributed by atoms with Crippen LogP contribution in [0.1, 0.15) is 11.1 Å². The van der Waals surface area contributed by atoms with Gasteiger partial charge in [-0.15, -0.1) is 0 Å². The van der Waals surface area contributed by atoms with E-state index >= 15 is 0 Å². The summed E-state index contributed by atoms with van der Waals surface area (Å²) in [6.45, 7) is 0.688. The maximum Gasteiger partial charge on any atom is 0.270 e. The van der Waals surface area contributed by atoms with Gasteiger partial charge in [0.2, 0.25) is 10.0 Å². The Morgan fingerprint density at radius 1 is 1.06 bits per heavy atom. The number of carbonyl (C=O) groups is 1. The summed E-state index contributed by atoms with van der Waals surface area (Å²) in [4.78, 5) is 14.6. The number of anilines is 1. The smallest absolute Gasteiger partial charge is 0.270 e. The van der Waals surface area contributed by atoms with Crippen LogP contribution < -0.4 is 25.9 Å². The van der Waals surface area contributed by atoms with Crippen LogP contribution in [-0.4, -0.2) is 33.3 Å². The second-order valence-electron chi connectivity index (χ2n) is 7.48. The fourth-order valence-electron chi connectivity index (χ4n) is 3.65. The normalized spacial score (nSPS) is 13.4. The van der Waals surface area contributed by atoms with Crippen molar-refractivity contribution in [2.75, 3.05) is 18.1 Å². The van der Waals surface area contributed by atoms with Gasteiger partial charge in [0.1, 0.15) is 12.4 Å². The van der Waals surface area contributed by atoms with Crippen molar-refractivity contribution < 1.29 is 23.4 Å². The number of nitrogens with zero attached hydrogens (tertiary/aromatic N) is 1. The fraction of sp³-hybridized carbons (Fsp3) is 0.0833. The van der Waals surface area contributed by atoms with Crippen LogP contribution >= 0.6 is 0 Å². The summed E-state index contributed by atoms with van der Waals surface area (Å²) < 4.78 is 29.7. The summed E-state index contributed by atoms with van der Waals surface area (Å²) in [6, 6.07) is 18.9. The molecule has 33 heavy (non-hydrogen) atoms. The number of amides is 1. The van der Waals surface area contributed by atoms with Gasteiger partial charge in [0.15, 0.2) is 0 Å². The van der Waals surface area contributed by atoms with Crippen LogP contribution in [0.2, 0.25) is 0 Å². The molecule has 9 heteroatoms. The third-order valence-corrected chi connectivity index (χ3v) is 6.20. The minimum atomic E-state index is -3.90. The molecular formula is C24H23N4O4S+. The van der Waals surface area contributed by atoms with Gasteiger partial charge in [-0.2, -0.15) is 0 Å². The molecule has 4 rings (SSSR count). The molecule has 0 saturated carbocycles. The zero-order valence-electron chi connectivity index (χ0n) is 17.6. The first-order chi connectivity index (χ1) is 15.7. The first-order valence-corrected chi connectivity index (χ1v) is 11.7. The molecule has 0 spiro atoms. The quantitative estimate of drug-likeness (QED) is 0.293. The maximum atomic E-state index is 12.9. The van der Waals surface area contributed by atoms with Crippen LogP contribution in [-0.2, 0) is 14.8 Å². The topological polar surface area (TPSA) is 141 Å². The van der Waals surface area contributed by atoms with Gasteiger partial charge in [0.25, 0.3) is 11.7 Å². The Labute approximate surface area is 191 Å². The van der Waals surface area contributed by atoms with E-state index in [9.17, 15) is 13.2 Å². The van der Waals surface area contributed by atoms with Crippen molar-refractivity contribution in [2.45, 2.75) is 4.90 Å². The molecular weight excluding hydrogens is 440 g/mol. The lowest BCUT2D eigenvalue weighted by Crippen LogP contribution is -2.46. The molecule has 6 N–H and O–H groups in total. The molecule has 0 radical (unpaired) electrons. The van der Waals surface area contributed by atoms with Gasteiger partial charge in [0, 0.05) is 11.6 Å². The maximum absolute atomic E-state index is 12.9. The van der Waals surface area contributed by atoms with Crippen molar-refractivity contribution in [2.24, 2.45) is 10.9 Å². The van der Waals surface area contributed by atoms with E-state index in [-0.39, 0.29) is 16.6 Å². The Bertz CT molecular complexity index is 1380. The van der Waals surface area contributed by atoms with Gasteiger partial charge in [-0.1, -0.05) is 36.4 Å². The first kappa shape index (κ1) is 22.3. The molecule has 0 atom stereocenters. The third-order valence-electron chi connectivity index (χ3n) is 5.23. The monoisotopic (exact) mass is 463 g/mol. The van der Waals surface area contributed by atoms with Crippen molar-refractivity contribution in [1.82, 2.24) is 0 Å². The molecule has 1 aliphatic heterocycles. The predicted octanol–water partition coefficient (Wildman–Crippen LogP) is 0.904. The number of ether oxygens (including phenoxy) is 1. The van der Waals surface area contributed by atoms with E-state index in [2.05, 4.69) is 0 Å².